The maximum atomic E-state index is 5.25. The van der Waals surface area contributed by atoms with Crippen molar-refractivity contribution in [3.8, 4) is 39.9 Å². The molecule has 11 aromatic rings. The Bertz CT molecular complexity index is 3120. The second kappa shape index (κ2) is 11.4. The molecule has 0 atom stereocenters. The van der Waals surface area contributed by atoms with Gasteiger partial charge in [0.15, 0.2) is 11.6 Å². The van der Waals surface area contributed by atoms with Crippen LogP contribution in [-0.2, 0) is 0 Å². The predicted molar refractivity (Wildman–Crippen MR) is 218 cm³/mol. The molecule has 0 saturated carbocycles. The van der Waals surface area contributed by atoms with Gasteiger partial charge in [-0.15, -0.1) is 11.3 Å². The third kappa shape index (κ3) is 4.50. The van der Waals surface area contributed by atoms with Crippen LogP contribution in [0.4, 0.5) is 0 Å². The van der Waals surface area contributed by atoms with Gasteiger partial charge in [-0.3, -0.25) is 4.57 Å². The Morgan fingerprint density at radius 2 is 1.04 bits per heavy atom. The van der Waals surface area contributed by atoms with Crippen LogP contribution in [0.5, 0.6) is 0 Å². The van der Waals surface area contributed by atoms with Gasteiger partial charge in [0.1, 0.15) is 0 Å². The third-order valence-corrected chi connectivity index (χ3v) is 11.3. The second-order valence-electron chi connectivity index (χ2n) is 13.2. The minimum Gasteiger partial charge on any atom is -0.277 e. The number of nitrogens with zero attached hydrogens (tertiary/aromatic N) is 4. The fourth-order valence-corrected chi connectivity index (χ4v) is 8.91. The molecule has 0 fully saturated rings. The maximum absolute atomic E-state index is 5.25. The van der Waals surface area contributed by atoms with Crippen LogP contribution < -0.4 is 0 Å². The van der Waals surface area contributed by atoms with E-state index in [0.717, 1.165) is 44.1 Å². The number of fused-ring (bicyclic) bond motifs is 9. The van der Waals surface area contributed by atoms with Gasteiger partial charge in [0.25, 0.3) is 0 Å². The van der Waals surface area contributed by atoms with Crippen molar-refractivity contribution in [2.45, 2.75) is 0 Å². The van der Waals surface area contributed by atoms with Gasteiger partial charge in [0.2, 0.25) is 5.95 Å². The molecule has 4 nitrogen and oxygen atoms in total. The van der Waals surface area contributed by atoms with Crippen LogP contribution in [-0.4, -0.2) is 19.5 Å². The van der Waals surface area contributed by atoms with E-state index in [9.17, 15) is 0 Å². The van der Waals surface area contributed by atoms with E-state index in [-0.39, 0.29) is 0 Å². The summed E-state index contributed by atoms with van der Waals surface area (Å²) < 4.78 is 4.85. The summed E-state index contributed by atoms with van der Waals surface area (Å²) >= 11 is 1.86. The molecule has 0 radical (unpaired) electrons. The average molecular weight is 681 g/mol. The molecule has 11 rings (SSSR count). The first-order chi connectivity index (χ1) is 25.8. The Morgan fingerprint density at radius 3 is 1.79 bits per heavy atom. The molecule has 0 aliphatic heterocycles. The molecule has 3 heterocycles. The van der Waals surface area contributed by atoms with E-state index in [2.05, 4.69) is 138 Å². The highest BCUT2D eigenvalue weighted by Gasteiger charge is 2.22. The van der Waals surface area contributed by atoms with Crippen molar-refractivity contribution >= 4 is 74.9 Å². The molecule has 8 aromatic carbocycles. The van der Waals surface area contributed by atoms with E-state index in [4.69, 9.17) is 15.0 Å². The molecule has 5 heteroatoms. The number of hydrogen-bond donors (Lipinski definition) is 0. The van der Waals surface area contributed by atoms with Gasteiger partial charge < -0.3 is 0 Å². The zero-order valence-electron chi connectivity index (χ0n) is 27.9. The summed E-state index contributed by atoms with van der Waals surface area (Å²) in [7, 11) is 0. The van der Waals surface area contributed by atoms with E-state index < -0.39 is 0 Å². The highest BCUT2D eigenvalue weighted by molar-refractivity contribution is 7.26. The van der Waals surface area contributed by atoms with Gasteiger partial charge in [-0.1, -0.05) is 140 Å². The Hall–Kier alpha value is -6.69. The fraction of sp³-hybridized carbons (Fsp3) is 0. The summed E-state index contributed by atoms with van der Waals surface area (Å²) in [5.41, 5.74) is 6.29. The summed E-state index contributed by atoms with van der Waals surface area (Å²) in [6, 6.07) is 60.3. The molecule has 0 spiro atoms. The number of hydrogen-bond acceptors (Lipinski definition) is 4. The summed E-state index contributed by atoms with van der Waals surface area (Å²) in [5.74, 6) is 1.86. The molecule has 0 bridgehead atoms. The van der Waals surface area contributed by atoms with Crippen molar-refractivity contribution in [3.05, 3.63) is 170 Å². The van der Waals surface area contributed by atoms with Crippen molar-refractivity contribution in [2.24, 2.45) is 0 Å². The first-order valence-corrected chi connectivity index (χ1v) is 18.3. The van der Waals surface area contributed by atoms with Crippen LogP contribution >= 0.6 is 11.3 Å². The lowest BCUT2D eigenvalue weighted by molar-refractivity contribution is 0.954. The van der Waals surface area contributed by atoms with Crippen LogP contribution in [0.2, 0.25) is 0 Å². The van der Waals surface area contributed by atoms with E-state index in [1.54, 1.807) is 0 Å². The summed E-state index contributed by atoms with van der Waals surface area (Å²) in [4.78, 5) is 15.5. The molecule has 0 unspecified atom stereocenters. The average Bonchev–Trinajstić information content (AvgIpc) is 3.76. The number of benzene rings is 8. The zero-order chi connectivity index (χ0) is 34.2. The second-order valence-corrected chi connectivity index (χ2v) is 14.3. The number of aromatic nitrogens is 4. The zero-order valence-corrected chi connectivity index (χ0v) is 28.7. The topological polar surface area (TPSA) is 43.6 Å². The molecular weight excluding hydrogens is 653 g/mol. The molecule has 0 amide bonds. The Balaban J connectivity index is 1.26. The van der Waals surface area contributed by atoms with Gasteiger partial charge in [-0.25, -0.2) is 4.98 Å². The lowest BCUT2D eigenvalue weighted by Crippen LogP contribution is -2.07. The van der Waals surface area contributed by atoms with Crippen molar-refractivity contribution in [2.75, 3.05) is 0 Å². The van der Waals surface area contributed by atoms with Gasteiger partial charge in [-0.2, -0.15) is 9.97 Å². The molecule has 0 N–H and O–H groups in total. The summed E-state index contributed by atoms with van der Waals surface area (Å²) in [6.45, 7) is 0. The maximum Gasteiger partial charge on any atom is 0.238 e. The minimum absolute atomic E-state index is 0.587. The van der Waals surface area contributed by atoms with E-state index >= 15 is 0 Å². The van der Waals surface area contributed by atoms with Crippen LogP contribution in [0, 0.1) is 0 Å². The largest absolute Gasteiger partial charge is 0.277 e. The van der Waals surface area contributed by atoms with Crippen molar-refractivity contribution in [3.63, 3.8) is 0 Å². The Morgan fingerprint density at radius 1 is 0.404 bits per heavy atom. The van der Waals surface area contributed by atoms with Crippen molar-refractivity contribution < 1.29 is 0 Å². The normalized spacial score (nSPS) is 11.8. The minimum atomic E-state index is 0.587. The number of rotatable bonds is 4. The molecular formula is C47H28N4S. The molecule has 0 aliphatic rings. The third-order valence-electron chi connectivity index (χ3n) is 10.2. The van der Waals surface area contributed by atoms with Crippen LogP contribution in [0.15, 0.2) is 170 Å². The summed E-state index contributed by atoms with van der Waals surface area (Å²) in [5, 5.41) is 9.81. The molecule has 0 aliphatic carbocycles. The van der Waals surface area contributed by atoms with Crippen molar-refractivity contribution in [1.29, 1.82) is 0 Å². The number of thiophene rings is 1. The monoisotopic (exact) mass is 680 g/mol. The predicted octanol–water partition coefficient (Wildman–Crippen LogP) is 12.6. The standard InChI is InChI=1S/C47H28N4S/c1-3-13-30(14-4-1)45-48-46(31-15-5-2-6-16-31)50-47(49-45)51-40-28-33-18-8-7-17-32(33)26-38(40)37-21-11-20-36(44(37)51)34-23-24-41-39(27-34)43-35-19-10-9-12-29(35)22-25-42(43)52-41/h1-28H. The molecule has 242 valence electrons. The summed E-state index contributed by atoms with van der Waals surface area (Å²) in [6.07, 6.45) is 0. The van der Waals surface area contributed by atoms with Gasteiger partial charge in [0.05, 0.1) is 11.0 Å². The molecule has 3 aromatic heterocycles. The lowest BCUT2D eigenvalue weighted by Gasteiger charge is -2.13. The smallest absolute Gasteiger partial charge is 0.238 e. The van der Waals surface area contributed by atoms with Gasteiger partial charge in [0, 0.05) is 47.6 Å². The SMILES string of the molecule is c1ccc(-c2nc(-c3ccccc3)nc(-n3c4cc5ccccc5cc4c4cccc(-c5ccc6sc7ccc8ccccc8c7c6c5)c43)n2)cc1. The van der Waals surface area contributed by atoms with Crippen LogP contribution in [0.25, 0.3) is 103 Å². The Labute approximate surface area is 302 Å². The Kier molecular flexibility index (Phi) is 6.39. The van der Waals surface area contributed by atoms with Crippen LogP contribution in [0.3, 0.4) is 0 Å². The lowest BCUT2D eigenvalue weighted by atomic mass is 9.98. The first-order valence-electron chi connectivity index (χ1n) is 17.4. The van der Waals surface area contributed by atoms with E-state index in [0.29, 0.717) is 17.6 Å². The van der Waals surface area contributed by atoms with E-state index in [1.807, 2.05) is 47.7 Å². The first kappa shape index (κ1) is 29.1. The number of para-hydroxylation sites is 1. The fourth-order valence-electron chi connectivity index (χ4n) is 7.80. The molecule has 52 heavy (non-hydrogen) atoms. The molecule has 0 saturated heterocycles. The highest BCUT2D eigenvalue weighted by atomic mass is 32.1. The highest BCUT2D eigenvalue weighted by Crippen LogP contribution is 2.43. The van der Waals surface area contributed by atoms with Crippen molar-refractivity contribution in [1.82, 2.24) is 19.5 Å². The van der Waals surface area contributed by atoms with Crippen LogP contribution in [0.1, 0.15) is 0 Å². The quantitative estimate of drug-likeness (QED) is 0.186. The van der Waals surface area contributed by atoms with Gasteiger partial charge in [-0.05, 0) is 57.4 Å². The van der Waals surface area contributed by atoms with E-state index in [1.165, 1.54) is 41.7 Å². The van der Waals surface area contributed by atoms with Gasteiger partial charge >= 0.3 is 0 Å².